The highest BCUT2D eigenvalue weighted by molar-refractivity contribution is 6.44. The number of hydrogen-bond donors (Lipinski definition) is 2. The SMILES string of the molecule is CCC1CC(C(=O)O)C(C(=O)Nc2cccc(Cl)c2Cl)C1. The van der Waals surface area contributed by atoms with Crippen molar-refractivity contribution in [1.82, 2.24) is 0 Å². The lowest BCUT2D eigenvalue weighted by molar-refractivity contribution is -0.145. The molecule has 21 heavy (non-hydrogen) atoms. The number of amides is 1. The number of anilines is 1. The number of nitrogens with one attached hydrogen (secondary N) is 1. The summed E-state index contributed by atoms with van der Waals surface area (Å²) in [6, 6.07) is 4.96. The van der Waals surface area contributed by atoms with Crippen molar-refractivity contribution in [2.24, 2.45) is 17.8 Å². The molecule has 6 heteroatoms. The van der Waals surface area contributed by atoms with E-state index in [0.29, 0.717) is 23.6 Å². The van der Waals surface area contributed by atoms with Gasteiger partial charge in [0.1, 0.15) is 0 Å². The maximum absolute atomic E-state index is 12.4. The van der Waals surface area contributed by atoms with Gasteiger partial charge in [0.05, 0.1) is 27.6 Å². The van der Waals surface area contributed by atoms with E-state index in [0.717, 1.165) is 6.42 Å². The predicted molar refractivity (Wildman–Crippen MR) is 82.7 cm³/mol. The fourth-order valence-corrected chi connectivity index (χ4v) is 3.21. The fraction of sp³-hybridized carbons (Fsp3) is 0.467. The van der Waals surface area contributed by atoms with Crippen molar-refractivity contribution in [3.05, 3.63) is 28.2 Å². The van der Waals surface area contributed by atoms with Crippen molar-refractivity contribution in [1.29, 1.82) is 0 Å². The molecule has 1 saturated carbocycles. The van der Waals surface area contributed by atoms with Gasteiger partial charge in [0.2, 0.25) is 5.91 Å². The molecule has 2 rings (SSSR count). The Balaban J connectivity index is 2.15. The summed E-state index contributed by atoms with van der Waals surface area (Å²) in [5.41, 5.74) is 0.415. The van der Waals surface area contributed by atoms with Gasteiger partial charge in [0.15, 0.2) is 0 Å². The first-order valence-corrected chi connectivity index (χ1v) is 7.67. The second-order valence-corrected chi connectivity index (χ2v) is 6.17. The zero-order valence-electron chi connectivity index (χ0n) is 11.6. The van der Waals surface area contributed by atoms with Gasteiger partial charge in [-0.3, -0.25) is 9.59 Å². The molecular weight excluding hydrogens is 313 g/mol. The summed E-state index contributed by atoms with van der Waals surface area (Å²) in [6.45, 7) is 2.01. The molecule has 1 aliphatic carbocycles. The van der Waals surface area contributed by atoms with E-state index in [-0.39, 0.29) is 16.8 Å². The minimum atomic E-state index is -0.914. The van der Waals surface area contributed by atoms with Gasteiger partial charge >= 0.3 is 5.97 Å². The highest BCUT2D eigenvalue weighted by Crippen LogP contribution is 2.39. The van der Waals surface area contributed by atoms with Crippen LogP contribution in [0.4, 0.5) is 5.69 Å². The van der Waals surface area contributed by atoms with Gasteiger partial charge in [0.25, 0.3) is 0 Å². The summed E-state index contributed by atoms with van der Waals surface area (Å²) in [4.78, 5) is 23.7. The van der Waals surface area contributed by atoms with Gasteiger partial charge in [-0.25, -0.2) is 0 Å². The normalized spacial score (nSPS) is 24.8. The molecule has 1 aromatic rings. The monoisotopic (exact) mass is 329 g/mol. The third-order valence-electron chi connectivity index (χ3n) is 4.10. The number of hydrogen-bond acceptors (Lipinski definition) is 2. The van der Waals surface area contributed by atoms with Crippen molar-refractivity contribution in [3.63, 3.8) is 0 Å². The van der Waals surface area contributed by atoms with E-state index in [1.54, 1.807) is 18.2 Å². The fourth-order valence-electron chi connectivity index (χ4n) is 2.86. The minimum absolute atomic E-state index is 0.268. The third-order valence-corrected chi connectivity index (χ3v) is 4.92. The molecule has 1 aromatic carbocycles. The van der Waals surface area contributed by atoms with E-state index >= 15 is 0 Å². The Morgan fingerprint density at radius 3 is 2.57 bits per heavy atom. The van der Waals surface area contributed by atoms with Crippen LogP contribution < -0.4 is 5.32 Å². The Morgan fingerprint density at radius 1 is 1.29 bits per heavy atom. The molecule has 0 aliphatic heterocycles. The molecule has 0 bridgehead atoms. The Bertz CT molecular complexity index is 562. The van der Waals surface area contributed by atoms with Crippen LogP contribution in [0.5, 0.6) is 0 Å². The van der Waals surface area contributed by atoms with Gasteiger partial charge in [0, 0.05) is 0 Å². The van der Waals surface area contributed by atoms with Gasteiger partial charge in [-0.15, -0.1) is 0 Å². The predicted octanol–water partition coefficient (Wildman–Crippen LogP) is 4.07. The summed E-state index contributed by atoms with van der Waals surface area (Å²) in [7, 11) is 0. The number of carboxylic acids is 1. The maximum Gasteiger partial charge on any atom is 0.307 e. The second-order valence-electron chi connectivity index (χ2n) is 5.39. The standard InChI is InChI=1S/C15H17Cl2NO3/c1-2-8-6-9(10(7-8)15(20)21)14(19)18-12-5-3-4-11(16)13(12)17/h3-5,8-10H,2,6-7H2,1H3,(H,18,19)(H,20,21). The number of aliphatic carboxylic acids is 1. The molecule has 4 nitrogen and oxygen atoms in total. The highest BCUT2D eigenvalue weighted by Gasteiger charge is 2.42. The van der Waals surface area contributed by atoms with Crippen molar-refractivity contribution < 1.29 is 14.7 Å². The molecule has 0 saturated heterocycles. The van der Waals surface area contributed by atoms with Gasteiger partial charge in [-0.2, -0.15) is 0 Å². The Hall–Kier alpha value is -1.26. The van der Waals surface area contributed by atoms with E-state index in [2.05, 4.69) is 5.32 Å². The molecule has 114 valence electrons. The molecule has 3 atom stereocenters. The summed E-state index contributed by atoms with van der Waals surface area (Å²) < 4.78 is 0. The maximum atomic E-state index is 12.4. The van der Waals surface area contributed by atoms with E-state index in [1.807, 2.05) is 6.92 Å². The van der Waals surface area contributed by atoms with Crippen molar-refractivity contribution >= 4 is 40.8 Å². The number of carbonyl (C=O) groups is 2. The summed E-state index contributed by atoms with van der Waals surface area (Å²) in [5, 5.41) is 12.6. The second kappa shape index (κ2) is 6.67. The van der Waals surface area contributed by atoms with Crippen LogP contribution in [-0.4, -0.2) is 17.0 Å². The lowest BCUT2D eigenvalue weighted by Gasteiger charge is -2.16. The first kappa shape index (κ1) is 16.1. The molecule has 0 aromatic heterocycles. The van der Waals surface area contributed by atoms with E-state index in [1.165, 1.54) is 0 Å². The van der Waals surface area contributed by atoms with Crippen LogP contribution in [0.2, 0.25) is 10.0 Å². The summed E-state index contributed by atoms with van der Waals surface area (Å²) in [5.74, 6) is -2.10. The highest BCUT2D eigenvalue weighted by atomic mass is 35.5. The minimum Gasteiger partial charge on any atom is -0.481 e. The molecular formula is C15H17Cl2NO3. The zero-order chi connectivity index (χ0) is 15.6. The number of halogens is 2. The first-order chi connectivity index (χ1) is 9.93. The smallest absolute Gasteiger partial charge is 0.307 e. The van der Waals surface area contributed by atoms with Crippen LogP contribution in [0, 0.1) is 17.8 Å². The average molecular weight is 330 g/mol. The van der Waals surface area contributed by atoms with Gasteiger partial charge in [-0.1, -0.05) is 42.6 Å². The summed E-state index contributed by atoms with van der Waals surface area (Å²) in [6.07, 6.45) is 2.02. The van der Waals surface area contributed by atoms with E-state index in [9.17, 15) is 14.7 Å². The van der Waals surface area contributed by atoms with Gasteiger partial charge < -0.3 is 10.4 Å². The third kappa shape index (κ3) is 3.50. The van der Waals surface area contributed by atoms with Crippen molar-refractivity contribution in [3.8, 4) is 0 Å². The van der Waals surface area contributed by atoms with Crippen LogP contribution in [0.25, 0.3) is 0 Å². The molecule has 1 aliphatic rings. The Labute approximate surface area is 133 Å². The van der Waals surface area contributed by atoms with Gasteiger partial charge in [-0.05, 0) is 30.9 Å². The average Bonchev–Trinajstić information content (AvgIpc) is 2.88. The van der Waals surface area contributed by atoms with E-state index in [4.69, 9.17) is 23.2 Å². The van der Waals surface area contributed by atoms with Crippen LogP contribution in [0.3, 0.4) is 0 Å². The number of carboxylic acid groups (broad SMARTS) is 1. The molecule has 2 N–H and O–H groups in total. The number of carbonyl (C=O) groups excluding carboxylic acids is 1. The lowest BCUT2D eigenvalue weighted by Crippen LogP contribution is -2.30. The van der Waals surface area contributed by atoms with E-state index < -0.39 is 17.8 Å². The number of benzene rings is 1. The van der Waals surface area contributed by atoms with Crippen LogP contribution in [0.1, 0.15) is 26.2 Å². The zero-order valence-corrected chi connectivity index (χ0v) is 13.1. The molecule has 1 amide bonds. The molecule has 3 unspecified atom stereocenters. The van der Waals surface area contributed by atoms with Crippen molar-refractivity contribution in [2.75, 3.05) is 5.32 Å². The largest absolute Gasteiger partial charge is 0.481 e. The quantitative estimate of drug-likeness (QED) is 0.874. The molecule has 1 fully saturated rings. The van der Waals surface area contributed by atoms with Crippen LogP contribution in [-0.2, 0) is 9.59 Å². The lowest BCUT2D eigenvalue weighted by atomic mass is 9.95. The first-order valence-electron chi connectivity index (χ1n) is 6.91. The summed E-state index contributed by atoms with van der Waals surface area (Å²) >= 11 is 11.9. The Morgan fingerprint density at radius 2 is 1.95 bits per heavy atom. The number of rotatable bonds is 4. The van der Waals surface area contributed by atoms with Crippen molar-refractivity contribution in [2.45, 2.75) is 26.2 Å². The molecule has 0 spiro atoms. The van der Waals surface area contributed by atoms with Crippen LogP contribution in [0.15, 0.2) is 18.2 Å². The molecule has 0 heterocycles. The molecule has 0 radical (unpaired) electrons. The Kier molecular flexibility index (Phi) is 5.12. The topological polar surface area (TPSA) is 66.4 Å². The van der Waals surface area contributed by atoms with Crippen LogP contribution >= 0.6 is 23.2 Å².